The minimum Gasteiger partial charge on any atom is -0.481 e. The van der Waals surface area contributed by atoms with Crippen molar-refractivity contribution >= 4 is 28.3 Å². The van der Waals surface area contributed by atoms with E-state index in [1.807, 2.05) is 0 Å². The monoisotopic (exact) mass is 488 g/mol. The molecule has 4 aromatic rings. The van der Waals surface area contributed by atoms with E-state index in [-0.39, 0.29) is 29.0 Å². The van der Waals surface area contributed by atoms with Crippen LogP contribution in [0.1, 0.15) is 31.2 Å². The van der Waals surface area contributed by atoms with Gasteiger partial charge in [-0.3, -0.25) is 4.79 Å². The maximum atomic E-state index is 13.9. The van der Waals surface area contributed by atoms with Gasteiger partial charge in [-0.2, -0.15) is 13.2 Å². The molecule has 3 aliphatic carbocycles. The topological polar surface area (TPSA) is 108 Å². The van der Waals surface area contributed by atoms with Crippen LogP contribution in [0.25, 0.3) is 27.9 Å². The summed E-state index contributed by atoms with van der Waals surface area (Å²) in [6.45, 7) is 0. The largest absolute Gasteiger partial charge is 0.481 e. The first-order valence-electron chi connectivity index (χ1n) is 11.3. The Hall–Kier alpha value is -3.70. The molecule has 0 unspecified atom stereocenters. The lowest BCUT2D eigenvalue weighted by atomic mass is 9.61. The molecule has 8 nitrogen and oxygen atoms in total. The third-order valence-electron chi connectivity index (χ3n) is 7.36. The fourth-order valence-corrected chi connectivity index (χ4v) is 5.80. The molecule has 4 aromatic heterocycles. The van der Waals surface area contributed by atoms with Crippen LogP contribution in [0, 0.1) is 23.6 Å². The summed E-state index contributed by atoms with van der Waals surface area (Å²) >= 11 is 0. The van der Waals surface area contributed by atoms with Crippen LogP contribution in [0.5, 0.6) is 0 Å². The van der Waals surface area contributed by atoms with Gasteiger partial charge in [-0.05, 0) is 49.7 Å². The highest BCUT2D eigenvalue weighted by Crippen LogP contribution is 2.47. The number of alkyl halides is 3. The van der Waals surface area contributed by atoms with Gasteiger partial charge in [-0.1, -0.05) is 0 Å². The molecule has 3 N–H and O–H groups in total. The number of pyridine rings is 1. The quantitative estimate of drug-likeness (QED) is 0.359. The number of hydrogen-bond donors (Lipinski definition) is 3. The zero-order valence-electron chi connectivity index (χ0n) is 18.2. The van der Waals surface area contributed by atoms with Crippen LogP contribution in [0.4, 0.5) is 23.4 Å². The van der Waals surface area contributed by atoms with Gasteiger partial charge < -0.3 is 15.4 Å². The zero-order chi connectivity index (χ0) is 24.5. The number of nitrogens with zero attached hydrogens (tertiary/aromatic N) is 4. The second-order valence-corrected chi connectivity index (χ2v) is 9.27. The van der Waals surface area contributed by atoms with Gasteiger partial charge in [0.05, 0.1) is 17.7 Å². The fraction of sp³-hybridized carbons (Fsp3) is 0.391. The number of halogens is 4. The first kappa shape index (κ1) is 21.8. The van der Waals surface area contributed by atoms with Gasteiger partial charge in [-0.25, -0.2) is 18.9 Å². The van der Waals surface area contributed by atoms with Crippen molar-refractivity contribution < 1.29 is 27.5 Å². The summed E-state index contributed by atoms with van der Waals surface area (Å²) in [4.78, 5) is 23.4. The molecule has 0 spiro atoms. The SMILES string of the molecule is O=C(O)[C@@H]1C2CCC(CC2)[C@H]1Nc1nc(-c2c[nH]c3ncc(F)cc23)nn2ccc(C(F)(F)F)c12. The van der Waals surface area contributed by atoms with Gasteiger partial charge in [0, 0.05) is 29.4 Å². The Morgan fingerprint density at radius 3 is 2.66 bits per heavy atom. The third-order valence-corrected chi connectivity index (χ3v) is 7.36. The Kier molecular flexibility index (Phi) is 4.77. The Morgan fingerprint density at radius 2 is 1.94 bits per heavy atom. The summed E-state index contributed by atoms with van der Waals surface area (Å²) in [6, 6.07) is 1.59. The summed E-state index contributed by atoms with van der Waals surface area (Å²) in [5.74, 6) is -2.35. The number of nitrogens with one attached hydrogen (secondary N) is 2. The molecule has 3 saturated carbocycles. The van der Waals surface area contributed by atoms with Crippen molar-refractivity contribution in [1.29, 1.82) is 0 Å². The molecule has 2 atom stereocenters. The van der Waals surface area contributed by atoms with Gasteiger partial charge >= 0.3 is 12.1 Å². The summed E-state index contributed by atoms with van der Waals surface area (Å²) < 4.78 is 56.5. The average molecular weight is 488 g/mol. The number of rotatable bonds is 4. The van der Waals surface area contributed by atoms with Crippen LogP contribution in [-0.4, -0.2) is 41.7 Å². The molecular weight excluding hydrogens is 468 g/mol. The number of anilines is 1. The number of aromatic nitrogens is 5. The predicted molar refractivity (Wildman–Crippen MR) is 117 cm³/mol. The van der Waals surface area contributed by atoms with E-state index in [1.54, 1.807) is 0 Å². The average Bonchev–Trinajstić information content (AvgIpc) is 3.43. The van der Waals surface area contributed by atoms with Crippen molar-refractivity contribution in [3.05, 3.63) is 42.1 Å². The number of aliphatic carboxylic acids is 1. The Morgan fingerprint density at radius 1 is 1.20 bits per heavy atom. The molecule has 3 aliphatic rings. The highest BCUT2D eigenvalue weighted by atomic mass is 19.4. The number of carboxylic acids is 1. The lowest BCUT2D eigenvalue weighted by Crippen LogP contribution is -2.51. The molecule has 3 fully saturated rings. The minimum absolute atomic E-state index is 0.00949. The standard InChI is InChI=1S/C23H20F4N6O2/c24-12-7-13-14(9-29-19(13)28-8-12)20-31-21(18-15(23(25,26)27)5-6-33(18)32-20)30-17-11-3-1-10(2-4-11)16(17)22(34)35/h5-11,16-17H,1-4H2,(H,28,29)(H,34,35)(H,30,31,32)/t10?,11?,16-,17-/m1/s1. The molecule has 4 heterocycles. The smallest absolute Gasteiger partial charge is 0.418 e. The van der Waals surface area contributed by atoms with Crippen LogP contribution in [0.3, 0.4) is 0 Å². The number of fused-ring (bicyclic) bond motifs is 5. The van der Waals surface area contributed by atoms with Crippen molar-refractivity contribution in [2.75, 3.05) is 5.32 Å². The van der Waals surface area contributed by atoms with E-state index in [2.05, 4.69) is 25.4 Å². The maximum absolute atomic E-state index is 13.9. The third kappa shape index (κ3) is 3.50. The van der Waals surface area contributed by atoms with Crippen LogP contribution in [-0.2, 0) is 11.0 Å². The molecule has 0 saturated heterocycles. The van der Waals surface area contributed by atoms with Crippen molar-refractivity contribution in [3.63, 3.8) is 0 Å². The summed E-state index contributed by atoms with van der Waals surface area (Å²) in [7, 11) is 0. The van der Waals surface area contributed by atoms with E-state index in [0.29, 0.717) is 16.6 Å². The highest BCUT2D eigenvalue weighted by Gasteiger charge is 2.48. The minimum atomic E-state index is -4.67. The molecule has 0 aliphatic heterocycles. The molecule has 2 bridgehead atoms. The van der Waals surface area contributed by atoms with Crippen LogP contribution >= 0.6 is 0 Å². The van der Waals surface area contributed by atoms with E-state index >= 15 is 0 Å². The molecule has 0 aromatic carbocycles. The second-order valence-electron chi connectivity index (χ2n) is 9.27. The molecule has 0 radical (unpaired) electrons. The van der Waals surface area contributed by atoms with Crippen molar-refractivity contribution in [3.8, 4) is 11.4 Å². The first-order valence-corrected chi connectivity index (χ1v) is 11.3. The zero-order valence-corrected chi connectivity index (χ0v) is 18.2. The van der Waals surface area contributed by atoms with Crippen molar-refractivity contribution in [2.24, 2.45) is 17.8 Å². The maximum Gasteiger partial charge on any atom is 0.418 e. The second kappa shape index (κ2) is 7.65. The number of hydrogen-bond acceptors (Lipinski definition) is 5. The van der Waals surface area contributed by atoms with Gasteiger partial charge in [0.2, 0.25) is 0 Å². The number of H-pyrrole nitrogens is 1. The Bertz CT molecular complexity index is 1450. The number of carboxylic acid groups (broad SMARTS) is 1. The Labute approximate surface area is 195 Å². The predicted octanol–water partition coefficient (Wildman–Crippen LogP) is 4.73. The van der Waals surface area contributed by atoms with Crippen LogP contribution in [0.2, 0.25) is 0 Å². The molecular formula is C23H20F4N6O2. The van der Waals surface area contributed by atoms with E-state index in [9.17, 15) is 27.5 Å². The van der Waals surface area contributed by atoms with Crippen molar-refractivity contribution in [2.45, 2.75) is 37.9 Å². The number of aromatic amines is 1. The highest BCUT2D eigenvalue weighted by molar-refractivity contribution is 5.92. The van der Waals surface area contributed by atoms with Gasteiger partial charge in [0.25, 0.3) is 0 Å². The van der Waals surface area contributed by atoms with E-state index < -0.39 is 35.5 Å². The van der Waals surface area contributed by atoms with E-state index in [0.717, 1.165) is 42.5 Å². The molecule has 12 heteroatoms. The van der Waals surface area contributed by atoms with Gasteiger partial charge in [-0.15, -0.1) is 5.10 Å². The number of carbonyl (C=O) groups is 1. The summed E-state index contributed by atoms with van der Waals surface area (Å²) in [5, 5.41) is 17.6. The molecule has 0 amide bonds. The lowest BCUT2D eigenvalue weighted by Gasteiger charge is -2.47. The summed E-state index contributed by atoms with van der Waals surface area (Å²) in [5.41, 5.74) is -0.472. The first-order chi connectivity index (χ1) is 16.7. The van der Waals surface area contributed by atoms with Crippen LogP contribution < -0.4 is 5.32 Å². The lowest BCUT2D eigenvalue weighted by molar-refractivity contribution is -0.148. The van der Waals surface area contributed by atoms with E-state index in [1.165, 1.54) is 18.5 Å². The van der Waals surface area contributed by atoms with Gasteiger partial charge in [0.1, 0.15) is 17.0 Å². The Balaban J connectivity index is 1.53. The van der Waals surface area contributed by atoms with Gasteiger partial charge in [0.15, 0.2) is 11.6 Å². The van der Waals surface area contributed by atoms with E-state index in [4.69, 9.17) is 0 Å². The summed E-state index contributed by atoms with van der Waals surface area (Å²) in [6.07, 6.45) is 2.27. The molecule has 182 valence electrons. The molecule has 7 rings (SSSR count). The van der Waals surface area contributed by atoms with Crippen molar-refractivity contribution in [1.82, 2.24) is 24.6 Å². The van der Waals surface area contributed by atoms with Crippen LogP contribution in [0.15, 0.2) is 30.7 Å². The fourth-order valence-electron chi connectivity index (χ4n) is 5.80. The normalized spacial score (nSPS) is 24.3. The molecule has 35 heavy (non-hydrogen) atoms.